The van der Waals surface area contributed by atoms with Gasteiger partial charge >= 0.3 is 11.9 Å². The quantitative estimate of drug-likeness (QED) is 0.461. The normalized spacial score (nSPS) is 12.4. The van der Waals surface area contributed by atoms with Crippen LogP contribution in [-0.4, -0.2) is 57.8 Å². The van der Waals surface area contributed by atoms with Crippen molar-refractivity contribution in [1.29, 1.82) is 0 Å². The predicted molar refractivity (Wildman–Crippen MR) is 97.2 cm³/mol. The molecule has 25 heavy (non-hydrogen) atoms. The Labute approximate surface area is 152 Å². The maximum Gasteiger partial charge on any atom is 0.334 e. The number of carboxylic acids is 1. The molecule has 0 saturated heterocycles. The molecule has 0 aliphatic carbocycles. The van der Waals surface area contributed by atoms with Crippen molar-refractivity contribution in [2.24, 2.45) is 11.8 Å². The standard InChI is InChI=1S/C9H18O3.C6H14O.C3H6O3/c1-4-8(5-2)6-12-9(11)7(3)10;1-3-6(4-2)5-7;1-2(4)3(5)6/h7-8,10H,4-6H2,1-3H3;6-7H,3-5H2,1-2H3;2,4H,1H3,(H,5,6)/t7-;;2-/m0.0/s1. The lowest BCUT2D eigenvalue weighted by atomic mass is 10.1. The smallest absolute Gasteiger partial charge is 0.334 e. The first-order chi connectivity index (χ1) is 11.6. The summed E-state index contributed by atoms with van der Waals surface area (Å²) < 4.78 is 4.86. The Morgan fingerprint density at radius 1 is 0.840 bits per heavy atom. The molecule has 0 aliphatic heterocycles. The van der Waals surface area contributed by atoms with Crippen molar-refractivity contribution >= 4 is 11.9 Å². The van der Waals surface area contributed by atoms with Crippen molar-refractivity contribution in [3.63, 3.8) is 0 Å². The number of hydrogen-bond donors (Lipinski definition) is 4. The fourth-order valence-electron chi connectivity index (χ4n) is 1.39. The monoisotopic (exact) mass is 366 g/mol. The molecule has 0 heterocycles. The third-order valence-electron chi connectivity index (χ3n) is 3.73. The van der Waals surface area contributed by atoms with E-state index in [1.165, 1.54) is 13.8 Å². The zero-order valence-electron chi connectivity index (χ0n) is 16.6. The Hall–Kier alpha value is -1.18. The molecule has 2 atom stereocenters. The summed E-state index contributed by atoms with van der Waals surface area (Å²) in [5.74, 6) is -0.746. The summed E-state index contributed by atoms with van der Waals surface area (Å²) in [6, 6.07) is 0. The van der Waals surface area contributed by atoms with Crippen LogP contribution in [0.15, 0.2) is 0 Å². The molecule has 0 amide bonds. The number of carbonyl (C=O) groups excluding carboxylic acids is 1. The summed E-state index contributed by atoms with van der Waals surface area (Å²) in [5.41, 5.74) is 0. The Bertz CT molecular complexity index is 303. The molecule has 7 heteroatoms. The van der Waals surface area contributed by atoms with Gasteiger partial charge in [-0.1, -0.05) is 53.4 Å². The van der Waals surface area contributed by atoms with Gasteiger partial charge in [-0.25, -0.2) is 9.59 Å². The molecule has 0 unspecified atom stereocenters. The topological polar surface area (TPSA) is 124 Å². The summed E-state index contributed by atoms with van der Waals surface area (Å²) in [6.07, 6.45) is 1.98. The number of esters is 1. The second kappa shape index (κ2) is 19.1. The molecular formula is C18H38O7. The van der Waals surface area contributed by atoms with E-state index in [-0.39, 0.29) is 0 Å². The van der Waals surface area contributed by atoms with Crippen molar-refractivity contribution in [3.05, 3.63) is 0 Å². The average Bonchev–Trinajstić information content (AvgIpc) is 2.58. The van der Waals surface area contributed by atoms with Crippen LogP contribution in [0.5, 0.6) is 0 Å². The van der Waals surface area contributed by atoms with Gasteiger partial charge in [0.25, 0.3) is 0 Å². The fraction of sp³-hybridized carbons (Fsp3) is 0.889. The minimum absolute atomic E-state index is 0.354. The molecule has 152 valence electrons. The van der Waals surface area contributed by atoms with Crippen LogP contribution in [0.2, 0.25) is 0 Å². The van der Waals surface area contributed by atoms with E-state index in [0.29, 0.717) is 25.0 Å². The highest BCUT2D eigenvalue weighted by molar-refractivity contribution is 5.73. The van der Waals surface area contributed by atoms with Crippen LogP contribution in [0.3, 0.4) is 0 Å². The maximum absolute atomic E-state index is 10.8. The van der Waals surface area contributed by atoms with Gasteiger partial charge in [-0.15, -0.1) is 0 Å². The van der Waals surface area contributed by atoms with Crippen LogP contribution in [0.4, 0.5) is 0 Å². The zero-order chi connectivity index (χ0) is 20.4. The van der Waals surface area contributed by atoms with E-state index in [1.54, 1.807) is 0 Å². The number of carboxylic acid groups (broad SMARTS) is 1. The van der Waals surface area contributed by atoms with Crippen LogP contribution in [0.25, 0.3) is 0 Å². The second-order valence-electron chi connectivity index (χ2n) is 5.87. The highest BCUT2D eigenvalue weighted by Crippen LogP contribution is 2.07. The number of hydrogen-bond acceptors (Lipinski definition) is 6. The minimum atomic E-state index is -1.23. The van der Waals surface area contributed by atoms with Crippen molar-refractivity contribution in [1.82, 2.24) is 0 Å². The Morgan fingerprint density at radius 2 is 1.20 bits per heavy atom. The van der Waals surface area contributed by atoms with Crippen molar-refractivity contribution < 1.29 is 34.8 Å². The Balaban J connectivity index is -0.000000317. The fourth-order valence-corrected chi connectivity index (χ4v) is 1.39. The van der Waals surface area contributed by atoms with E-state index < -0.39 is 24.1 Å². The van der Waals surface area contributed by atoms with E-state index in [2.05, 4.69) is 27.7 Å². The molecule has 0 aromatic heterocycles. The van der Waals surface area contributed by atoms with Crippen molar-refractivity contribution in [2.45, 2.75) is 79.4 Å². The van der Waals surface area contributed by atoms with Crippen molar-refractivity contribution in [3.8, 4) is 0 Å². The summed E-state index contributed by atoms with van der Waals surface area (Å²) in [4.78, 5) is 20.3. The molecule has 0 radical (unpaired) electrons. The average molecular weight is 366 g/mol. The number of ether oxygens (including phenoxy) is 1. The SMILES string of the molecule is CCC(CC)CO.CCC(CC)COC(=O)[C@H](C)O.C[C@H](O)C(=O)O. The third-order valence-corrected chi connectivity index (χ3v) is 3.73. The van der Waals surface area contributed by atoms with E-state index in [0.717, 1.165) is 25.7 Å². The Kier molecular flexibility index (Phi) is 21.9. The van der Waals surface area contributed by atoms with Gasteiger partial charge in [0.05, 0.1) is 6.61 Å². The van der Waals surface area contributed by atoms with E-state index in [4.69, 9.17) is 25.2 Å². The number of rotatable bonds is 9. The van der Waals surface area contributed by atoms with Crippen molar-refractivity contribution in [2.75, 3.05) is 13.2 Å². The first-order valence-electron chi connectivity index (χ1n) is 8.97. The molecule has 0 saturated carbocycles. The van der Waals surface area contributed by atoms with Gasteiger partial charge in [-0.05, 0) is 25.7 Å². The third kappa shape index (κ3) is 20.8. The molecular weight excluding hydrogens is 328 g/mol. The predicted octanol–water partition coefficient (Wildman–Crippen LogP) is 2.21. The molecule has 0 aliphatic rings. The lowest BCUT2D eigenvalue weighted by Gasteiger charge is -2.13. The summed E-state index contributed by atoms with van der Waals surface area (Å²) in [7, 11) is 0. The van der Waals surface area contributed by atoms with Gasteiger partial charge in [-0.2, -0.15) is 0 Å². The van der Waals surface area contributed by atoms with Gasteiger partial charge in [0.2, 0.25) is 0 Å². The van der Waals surface area contributed by atoms with Crippen LogP contribution in [0, 0.1) is 11.8 Å². The first-order valence-corrected chi connectivity index (χ1v) is 8.97. The summed E-state index contributed by atoms with van der Waals surface area (Å²) >= 11 is 0. The van der Waals surface area contributed by atoms with Gasteiger partial charge in [0, 0.05) is 6.61 Å². The van der Waals surface area contributed by atoms with Gasteiger partial charge < -0.3 is 25.2 Å². The molecule has 7 nitrogen and oxygen atoms in total. The van der Waals surface area contributed by atoms with Gasteiger partial charge in [0.15, 0.2) is 0 Å². The summed E-state index contributed by atoms with van der Waals surface area (Å²) in [5, 5.41) is 33.1. The Morgan fingerprint density at radius 3 is 1.36 bits per heavy atom. The molecule has 0 aromatic rings. The van der Waals surface area contributed by atoms with Gasteiger partial charge in [0.1, 0.15) is 12.2 Å². The largest absolute Gasteiger partial charge is 0.479 e. The molecule has 0 spiro atoms. The van der Waals surface area contributed by atoms with Gasteiger partial charge in [-0.3, -0.25) is 0 Å². The number of carbonyl (C=O) groups is 2. The number of aliphatic carboxylic acids is 1. The lowest BCUT2D eigenvalue weighted by molar-refractivity contribution is -0.154. The van der Waals surface area contributed by atoms with E-state index >= 15 is 0 Å². The van der Waals surface area contributed by atoms with Crippen LogP contribution in [0.1, 0.15) is 67.2 Å². The van der Waals surface area contributed by atoms with Crippen LogP contribution >= 0.6 is 0 Å². The second-order valence-corrected chi connectivity index (χ2v) is 5.87. The highest BCUT2D eigenvalue weighted by Gasteiger charge is 2.12. The molecule has 0 rings (SSSR count). The van der Waals surface area contributed by atoms with E-state index in [1.807, 2.05) is 0 Å². The lowest BCUT2D eigenvalue weighted by Crippen LogP contribution is -2.22. The van der Waals surface area contributed by atoms with Crippen LogP contribution in [-0.2, 0) is 14.3 Å². The number of aliphatic hydroxyl groups excluding tert-OH is 3. The number of aliphatic hydroxyl groups is 3. The molecule has 0 aromatic carbocycles. The zero-order valence-corrected chi connectivity index (χ0v) is 16.6. The molecule has 0 fully saturated rings. The van der Waals surface area contributed by atoms with E-state index in [9.17, 15) is 9.59 Å². The molecule has 0 bridgehead atoms. The maximum atomic E-state index is 10.8. The molecule has 4 N–H and O–H groups in total. The summed E-state index contributed by atoms with van der Waals surface area (Å²) in [6.45, 7) is 11.7. The first kappa shape index (κ1) is 28.6. The van der Waals surface area contributed by atoms with Crippen LogP contribution < -0.4 is 0 Å². The minimum Gasteiger partial charge on any atom is -0.479 e. The highest BCUT2D eigenvalue weighted by atomic mass is 16.5.